The molecule has 0 aromatic rings. The van der Waals surface area contributed by atoms with E-state index in [1.165, 1.54) is 186 Å². The van der Waals surface area contributed by atoms with E-state index in [2.05, 4.69) is 31.3 Å². The second-order valence-corrected chi connectivity index (χ2v) is 15.1. The molecular weight excluding hydrogens is 602 g/mol. The van der Waals surface area contributed by atoms with E-state index in [1.54, 1.807) is 6.08 Å². The van der Waals surface area contributed by atoms with Gasteiger partial charge in [0.2, 0.25) is 5.91 Å². The molecule has 4 heteroatoms. The Hall–Kier alpha value is -1.13. The molecule has 0 aliphatic carbocycles. The van der Waals surface area contributed by atoms with Crippen LogP contribution in [0.1, 0.15) is 239 Å². The van der Waals surface area contributed by atoms with E-state index in [1.807, 2.05) is 6.08 Å². The van der Waals surface area contributed by atoms with E-state index < -0.39 is 12.1 Å². The lowest BCUT2D eigenvalue weighted by molar-refractivity contribution is -0.123. The van der Waals surface area contributed by atoms with Gasteiger partial charge in [-0.3, -0.25) is 4.79 Å². The molecule has 4 nitrogen and oxygen atoms in total. The fraction of sp³-hybridized carbons (Fsp3) is 0.889. The molecule has 0 rings (SSSR count). The predicted octanol–water partition coefficient (Wildman–Crippen LogP) is 13.6. The number of unbranched alkanes of at least 4 members (excludes halogenated alkanes) is 31. The SMILES string of the molecule is CCCCCCCCCCC/C=C/CC/C=C/[C@@H](O)[C@H](CO)NC(=O)CCCCCCCCCCCCCCCCCCCCCCCC. The standard InChI is InChI=1S/C45H87NO3/c1-3-5-7-9-11-13-15-17-19-20-21-22-23-24-25-27-29-31-33-35-37-39-41-45(49)46-43(42-47)44(48)40-38-36-34-32-30-28-26-18-16-14-12-10-8-6-4-2/h30,32,38,40,43-44,47-48H,3-29,31,33-37,39,41-42H2,1-2H3,(H,46,49)/b32-30+,40-38+/t43-,44+/m0/s1. The Labute approximate surface area is 307 Å². The second-order valence-electron chi connectivity index (χ2n) is 15.1. The topological polar surface area (TPSA) is 69.6 Å². The highest BCUT2D eigenvalue weighted by atomic mass is 16.3. The molecular formula is C45H87NO3. The third kappa shape index (κ3) is 37.9. The maximum Gasteiger partial charge on any atom is 0.220 e. The van der Waals surface area contributed by atoms with Gasteiger partial charge in [-0.05, 0) is 32.1 Å². The summed E-state index contributed by atoms with van der Waals surface area (Å²) in [6.07, 6.45) is 52.9. The summed E-state index contributed by atoms with van der Waals surface area (Å²) in [5, 5.41) is 23.0. The van der Waals surface area contributed by atoms with E-state index in [0.717, 1.165) is 32.1 Å². The summed E-state index contributed by atoms with van der Waals surface area (Å²) in [5.41, 5.74) is 0. The molecule has 0 saturated heterocycles. The molecule has 0 saturated carbocycles. The van der Waals surface area contributed by atoms with Crippen LogP contribution < -0.4 is 5.32 Å². The lowest BCUT2D eigenvalue weighted by Crippen LogP contribution is -2.45. The van der Waals surface area contributed by atoms with Crippen molar-refractivity contribution in [3.8, 4) is 0 Å². The number of carbonyl (C=O) groups is 1. The number of rotatable bonds is 40. The minimum atomic E-state index is -0.857. The van der Waals surface area contributed by atoms with Gasteiger partial charge >= 0.3 is 0 Å². The highest BCUT2D eigenvalue weighted by molar-refractivity contribution is 5.76. The van der Waals surface area contributed by atoms with Gasteiger partial charge in [-0.15, -0.1) is 0 Å². The summed E-state index contributed by atoms with van der Waals surface area (Å²) in [4.78, 5) is 12.4. The first-order valence-corrected chi connectivity index (χ1v) is 22.1. The number of aliphatic hydroxyl groups excluding tert-OH is 2. The first-order valence-electron chi connectivity index (χ1n) is 22.1. The number of carbonyl (C=O) groups excluding carboxylic acids is 1. The largest absolute Gasteiger partial charge is 0.394 e. The Morgan fingerprint density at radius 1 is 0.469 bits per heavy atom. The summed E-state index contributed by atoms with van der Waals surface area (Å²) in [5.74, 6) is -0.0703. The Balaban J connectivity index is 3.54. The average molecular weight is 690 g/mol. The molecule has 0 aromatic heterocycles. The molecule has 0 aliphatic heterocycles. The number of hydrogen-bond donors (Lipinski definition) is 3. The van der Waals surface area contributed by atoms with Gasteiger partial charge in [0.15, 0.2) is 0 Å². The van der Waals surface area contributed by atoms with Crippen LogP contribution in [0.4, 0.5) is 0 Å². The zero-order chi connectivity index (χ0) is 35.7. The van der Waals surface area contributed by atoms with Gasteiger partial charge in [0.05, 0.1) is 18.8 Å². The molecule has 49 heavy (non-hydrogen) atoms. The van der Waals surface area contributed by atoms with Crippen LogP contribution in [-0.4, -0.2) is 34.9 Å². The first kappa shape index (κ1) is 47.9. The van der Waals surface area contributed by atoms with Crippen LogP contribution in [0.2, 0.25) is 0 Å². The molecule has 290 valence electrons. The molecule has 3 N–H and O–H groups in total. The zero-order valence-corrected chi connectivity index (χ0v) is 33.2. The van der Waals surface area contributed by atoms with Crippen molar-refractivity contribution in [2.75, 3.05) is 6.61 Å². The molecule has 2 atom stereocenters. The van der Waals surface area contributed by atoms with Crippen molar-refractivity contribution in [3.05, 3.63) is 24.3 Å². The molecule has 0 aromatic carbocycles. The van der Waals surface area contributed by atoms with Gasteiger partial charge in [0.1, 0.15) is 0 Å². The predicted molar refractivity (Wildman–Crippen MR) is 216 cm³/mol. The lowest BCUT2D eigenvalue weighted by Gasteiger charge is -2.19. The molecule has 0 heterocycles. The summed E-state index contributed by atoms with van der Waals surface area (Å²) in [6, 6.07) is -0.634. The summed E-state index contributed by atoms with van der Waals surface area (Å²) >= 11 is 0. The maximum atomic E-state index is 12.4. The average Bonchev–Trinajstić information content (AvgIpc) is 3.10. The van der Waals surface area contributed by atoms with Crippen molar-refractivity contribution in [3.63, 3.8) is 0 Å². The third-order valence-corrected chi connectivity index (χ3v) is 10.2. The summed E-state index contributed by atoms with van der Waals surface area (Å²) < 4.78 is 0. The van der Waals surface area contributed by atoms with Crippen molar-refractivity contribution in [1.29, 1.82) is 0 Å². The first-order chi connectivity index (χ1) is 24.2. The Bertz CT molecular complexity index is 705. The minimum absolute atomic E-state index is 0.0703. The molecule has 0 bridgehead atoms. The molecule has 0 aliphatic rings. The van der Waals surface area contributed by atoms with Crippen LogP contribution in [0.3, 0.4) is 0 Å². The Kier molecular flexibility index (Phi) is 40.3. The van der Waals surface area contributed by atoms with Crippen molar-refractivity contribution < 1.29 is 15.0 Å². The van der Waals surface area contributed by atoms with E-state index in [9.17, 15) is 15.0 Å². The van der Waals surface area contributed by atoms with E-state index in [-0.39, 0.29) is 12.5 Å². The molecule has 0 unspecified atom stereocenters. The monoisotopic (exact) mass is 690 g/mol. The van der Waals surface area contributed by atoms with Crippen molar-refractivity contribution >= 4 is 5.91 Å². The van der Waals surface area contributed by atoms with E-state index in [0.29, 0.717) is 6.42 Å². The smallest absolute Gasteiger partial charge is 0.220 e. The number of amides is 1. The van der Waals surface area contributed by atoms with Crippen molar-refractivity contribution in [2.45, 2.75) is 251 Å². The van der Waals surface area contributed by atoms with Crippen LogP contribution in [0.25, 0.3) is 0 Å². The van der Waals surface area contributed by atoms with Gasteiger partial charge in [-0.2, -0.15) is 0 Å². The van der Waals surface area contributed by atoms with Crippen LogP contribution >= 0.6 is 0 Å². The highest BCUT2D eigenvalue weighted by Gasteiger charge is 2.17. The van der Waals surface area contributed by atoms with Crippen LogP contribution in [0, 0.1) is 0 Å². The number of nitrogens with one attached hydrogen (secondary N) is 1. The highest BCUT2D eigenvalue weighted by Crippen LogP contribution is 2.16. The number of allylic oxidation sites excluding steroid dienone is 3. The zero-order valence-electron chi connectivity index (χ0n) is 33.2. The van der Waals surface area contributed by atoms with Crippen LogP contribution in [-0.2, 0) is 4.79 Å². The number of hydrogen-bond acceptors (Lipinski definition) is 3. The van der Waals surface area contributed by atoms with Gasteiger partial charge < -0.3 is 15.5 Å². The Morgan fingerprint density at radius 3 is 1.18 bits per heavy atom. The normalized spacial score (nSPS) is 13.1. The van der Waals surface area contributed by atoms with Crippen molar-refractivity contribution in [1.82, 2.24) is 5.32 Å². The Morgan fingerprint density at radius 2 is 0.796 bits per heavy atom. The molecule has 0 fully saturated rings. The lowest BCUT2D eigenvalue weighted by atomic mass is 10.0. The number of aliphatic hydroxyl groups is 2. The molecule has 0 radical (unpaired) electrons. The molecule has 0 spiro atoms. The van der Waals surface area contributed by atoms with Crippen LogP contribution in [0.5, 0.6) is 0 Å². The van der Waals surface area contributed by atoms with Gasteiger partial charge in [0, 0.05) is 6.42 Å². The van der Waals surface area contributed by atoms with E-state index in [4.69, 9.17) is 0 Å². The minimum Gasteiger partial charge on any atom is -0.394 e. The summed E-state index contributed by atoms with van der Waals surface area (Å²) in [7, 11) is 0. The van der Waals surface area contributed by atoms with Crippen LogP contribution in [0.15, 0.2) is 24.3 Å². The van der Waals surface area contributed by atoms with Gasteiger partial charge in [-0.1, -0.05) is 224 Å². The summed E-state index contributed by atoms with van der Waals surface area (Å²) in [6.45, 7) is 4.31. The quantitative estimate of drug-likeness (QED) is 0.0443. The van der Waals surface area contributed by atoms with Gasteiger partial charge in [0.25, 0.3) is 0 Å². The van der Waals surface area contributed by atoms with E-state index >= 15 is 0 Å². The van der Waals surface area contributed by atoms with Gasteiger partial charge in [-0.25, -0.2) is 0 Å². The second kappa shape index (κ2) is 41.3. The fourth-order valence-corrected chi connectivity index (χ4v) is 6.78. The maximum absolute atomic E-state index is 12.4. The third-order valence-electron chi connectivity index (χ3n) is 10.2. The molecule has 1 amide bonds. The van der Waals surface area contributed by atoms with Crippen molar-refractivity contribution in [2.24, 2.45) is 0 Å². The fourth-order valence-electron chi connectivity index (χ4n) is 6.78.